The van der Waals surface area contributed by atoms with Crippen LogP contribution in [0.4, 0.5) is 0 Å². The zero-order valence-corrected chi connectivity index (χ0v) is 37.0. The molecule has 1 heterocycles. The smallest absolute Gasteiger partial charge is 0.312 e. The molecule has 324 valence electrons. The molecule has 5 atom stereocenters. The Morgan fingerprint density at radius 3 is 1.61 bits per heavy atom. The predicted octanol–water partition coefficient (Wildman–Crippen LogP) is 8.80. The SMILES string of the molecule is CCC(C)(C)C(=O)OC1(CC)C2CC3CC(C2)CC1C3.CCC(C)(C)C(=O)OC12CC3CC(O)(CC(O)(C3)C1)C2.CCC(C)(C)C(=O)OC1CCC2CC1OC2=O. The van der Waals surface area contributed by atoms with Crippen molar-refractivity contribution in [2.45, 2.75) is 219 Å². The third-order valence-electron chi connectivity index (χ3n) is 16.5. The van der Waals surface area contributed by atoms with Crippen molar-refractivity contribution in [3.8, 4) is 0 Å². The van der Waals surface area contributed by atoms with Crippen LogP contribution in [0.3, 0.4) is 0 Å². The minimum absolute atomic E-state index is 0.0362. The molecule has 10 heteroatoms. The average Bonchev–Trinajstić information content (AvgIpc) is 3.42. The maximum Gasteiger partial charge on any atom is 0.312 e. The highest BCUT2D eigenvalue weighted by Gasteiger charge is 2.65. The fourth-order valence-electron chi connectivity index (χ4n) is 12.4. The molecule has 0 radical (unpaired) electrons. The number of ether oxygens (including phenoxy) is 4. The Balaban J connectivity index is 0.000000145. The third kappa shape index (κ3) is 8.84. The van der Waals surface area contributed by atoms with Crippen LogP contribution in [0, 0.1) is 51.8 Å². The van der Waals surface area contributed by atoms with Crippen molar-refractivity contribution >= 4 is 23.9 Å². The second kappa shape index (κ2) is 15.7. The minimum atomic E-state index is -0.842. The van der Waals surface area contributed by atoms with Gasteiger partial charge in [0, 0.05) is 25.7 Å². The van der Waals surface area contributed by atoms with Gasteiger partial charge in [0.15, 0.2) is 0 Å². The van der Waals surface area contributed by atoms with E-state index in [1.165, 1.54) is 32.1 Å². The Hall–Kier alpha value is -2.20. The van der Waals surface area contributed by atoms with Gasteiger partial charge in [-0.3, -0.25) is 19.2 Å². The first-order valence-corrected chi connectivity index (χ1v) is 22.8. The maximum atomic E-state index is 12.6. The largest absolute Gasteiger partial charge is 0.458 e. The van der Waals surface area contributed by atoms with E-state index in [0.717, 1.165) is 69.6 Å². The van der Waals surface area contributed by atoms with Crippen molar-refractivity contribution in [1.29, 1.82) is 0 Å². The van der Waals surface area contributed by atoms with Gasteiger partial charge in [0.05, 0.1) is 33.4 Å². The lowest BCUT2D eigenvalue weighted by Crippen LogP contribution is -2.67. The second-order valence-electron chi connectivity index (χ2n) is 22.2. The van der Waals surface area contributed by atoms with Gasteiger partial charge in [0.1, 0.15) is 23.4 Å². The fraction of sp³-hybridized carbons (Fsp3) is 0.915. The molecule has 1 saturated heterocycles. The fourth-order valence-corrected chi connectivity index (χ4v) is 12.4. The number of rotatable bonds is 10. The van der Waals surface area contributed by atoms with E-state index in [9.17, 15) is 29.4 Å². The summed E-state index contributed by atoms with van der Waals surface area (Å²) in [6.45, 7) is 19.8. The van der Waals surface area contributed by atoms with Crippen LogP contribution in [-0.4, -0.2) is 68.7 Å². The number of carbonyl (C=O) groups excluding carboxylic acids is 4. The van der Waals surface area contributed by atoms with Gasteiger partial charge in [0.2, 0.25) is 0 Å². The van der Waals surface area contributed by atoms with Crippen molar-refractivity contribution < 1.29 is 48.3 Å². The average molecular weight is 801 g/mol. The lowest BCUT2D eigenvalue weighted by molar-refractivity contribution is -0.264. The molecular formula is C47H76O10. The van der Waals surface area contributed by atoms with Crippen LogP contribution in [0.5, 0.6) is 0 Å². The van der Waals surface area contributed by atoms with Crippen LogP contribution in [0.25, 0.3) is 0 Å². The molecule has 0 aromatic heterocycles. The Labute approximate surface area is 342 Å². The van der Waals surface area contributed by atoms with Crippen molar-refractivity contribution in [3.63, 3.8) is 0 Å². The summed E-state index contributed by atoms with van der Waals surface area (Å²) >= 11 is 0. The first kappa shape index (κ1) is 44.4. The minimum Gasteiger partial charge on any atom is -0.458 e. The molecule has 2 N–H and O–H groups in total. The summed E-state index contributed by atoms with van der Waals surface area (Å²) in [7, 11) is 0. The van der Waals surface area contributed by atoms with Gasteiger partial charge in [-0.15, -0.1) is 0 Å². The van der Waals surface area contributed by atoms with Gasteiger partial charge in [-0.25, -0.2) is 0 Å². The van der Waals surface area contributed by atoms with Crippen LogP contribution >= 0.6 is 0 Å². The summed E-state index contributed by atoms with van der Waals surface area (Å²) in [4.78, 5) is 48.4. The molecule has 1 aliphatic heterocycles. The van der Waals surface area contributed by atoms with Crippen molar-refractivity contribution in [3.05, 3.63) is 0 Å². The van der Waals surface area contributed by atoms with Gasteiger partial charge in [-0.2, -0.15) is 0 Å². The van der Waals surface area contributed by atoms with Crippen LogP contribution in [0.2, 0.25) is 0 Å². The van der Waals surface area contributed by atoms with E-state index < -0.39 is 27.6 Å². The van der Waals surface area contributed by atoms with E-state index in [1.807, 2.05) is 55.4 Å². The molecule has 10 rings (SSSR count). The molecule has 10 bridgehead atoms. The number of carbonyl (C=O) groups is 4. The van der Waals surface area contributed by atoms with Crippen LogP contribution in [0.15, 0.2) is 0 Å². The summed E-state index contributed by atoms with van der Waals surface area (Å²) in [5.41, 5.74) is -3.76. The standard InChI is InChI=1S/C18H30O2.C16H26O4.C13H20O4/c1-5-17(3,4)16(19)20-18(6-2)14-8-12-7-13(10-14)11-15(18)9-12;1-4-13(2,3)12(17)20-16-7-11-5-14(18,9-16)8-15(19,6-11)10-16;1-4-13(2,3)12(15)17-9-6-5-8-7-10(9)16-11(8)14/h12-15H,5-11H2,1-4H3;11,18-19H,4-10H2,1-3H3;8-10H,4-7H2,1-3H3. The molecule has 0 amide bonds. The Morgan fingerprint density at radius 1 is 0.649 bits per heavy atom. The number of esters is 4. The first-order chi connectivity index (χ1) is 26.4. The Morgan fingerprint density at radius 2 is 1.14 bits per heavy atom. The topological polar surface area (TPSA) is 146 Å². The maximum absolute atomic E-state index is 12.6. The summed E-state index contributed by atoms with van der Waals surface area (Å²) in [5.74, 6) is 2.97. The van der Waals surface area contributed by atoms with Crippen molar-refractivity contribution in [2.75, 3.05) is 0 Å². The number of fused-ring (bicyclic) bond motifs is 2. The monoisotopic (exact) mass is 801 g/mol. The van der Waals surface area contributed by atoms with Crippen LogP contribution in [0.1, 0.15) is 185 Å². The van der Waals surface area contributed by atoms with E-state index in [4.69, 9.17) is 18.9 Å². The van der Waals surface area contributed by atoms with Gasteiger partial charge >= 0.3 is 23.9 Å². The highest BCUT2D eigenvalue weighted by atomic mass is 16.6. The van der Waals surface area contributed by atoms with E-state index in [-0.39, 0.29) is 58.9 Å². The molecular weight excluding hydrogens is 725 g/mol. The summed E-state index contributed by atoms with van der Waals surface area (Å²) in [5, 5.41) is 21.3. The molecule has 57 heavy (non-hydrogen) atoms. The highest BCUT2D eigenvalue weighted by Crippen LogP contribution is 2.62. The molecule has 10 nitrogen and oxygen atoms in total. The normalized spacial score (nSPS) is 40.9. The molecule has 5 unspecified atom stereocenters. The molecule has 0 aromatic carbocycles. The van der Waals surface area contributed by atoms with Gasteiger partial charge < -0.3 is 29.2 Å². The summed E-state index contributed by atoms with van der Waals surface area (Å²) in [6.07, 6.45) is 15.5. The Bertz CT molecular complexity index is 1480. The Kier molecular flexibility index (Phi) is 12.2. The number of aliphatic hydroxyl groups is 2. The molecule has 9 saturated carbocycles. The zero-order valence-electron chi connectivity index (χ0n) is 37.0. The molecule has 10 aliphatic rings. The second-order valence-corrected chi connectivity index (χ2v) is 22.2. The first-order valence-electron chi connectivity index (χ1n) is 22.8. The molecule has 0 aromatic rings. The van der Waals surface area contributed by atoms with E-state index in [1.54, 1.807) is 0 Å². The van der Waals surface area contributed by atoms with Crippen LogP contribution < -0.4 is 0 Å². The number of hydrogen-bond acceptors (Lipinski definition) is 10. The molecule has 10 fully saturated rings. The highest BCUT2D eigenvalue weighted by molar-refractivity contribution is 5.78. The van der Waals surface area contributed by atoms with E-state index in [2.05, 4.69) is 13.8 Å². The van der Waals surface area contributed by atoms with Gasteiger partial charge in [-0.05, 0) is 161 Å². The van der Waals surface area contributed by atoms with Gasteiger partial charge in [0.25, 0.3) is 0 Å². The quantitative estimate of drug-likeness (QED) is 0.162. The lowest BCUT2D eigenvalue weighted by Gasteiger charge is -2.62. The predicted molar refractivity (Wildman–Crippen MR) is 215 cm³/mol. The van der Waals surface area contributed by atoms with Gasteiger partial charge in [-0.1, -0.05) is 27.7 Å². The van der Waals surface area contributed by atoms with E-state index in [0.29, 0.717) is 37.5 Å². The van der Waals surface area contributed by atoms with Crippen LogP contribution in [-0.2, 0) is 38.1 Å². The van der Waals surface area contributed by atoms with Crippen molar-refractivity contribution in [2.24, 2.45) is 51.8 Å². The lowest BCUT2D eigenvalue weighted by atomic mass is 9.49. The van der Waals surface area contributed by atoms with Crippen molar-refractivity contribution in [1.82, 2.24) is 0 Å². The number of hydrogen-bond donors (Lipinski definition) is 2. The molecule has 9 aliphatic carbocycles. The summed E-state index contributed by atoms with van der Waals surface area (Å²) in [6, 6.07) is 0. The van der Waals surface area contributed by atoms with E-state index >= 15 is 0 Å². The molecule has 0 spiro atoms. The zero-order chi connectivity index (χ0) is 42.0. The summed E-state index contributed by atoms with van der Waals surface area (Å²) < 4.78 is 22.9. The third-order valence-corrected chi connectivity index (χ3v) is 16.5.